The molecular weight excluding hydrogens is 180 g/mol. The number of hydrogen-bond donors (Lipinski definition) is 0. The van der Waals surface area contributed by atoms with Gasteiger partial charge in [0.15, 0.2) is 0 Å². The van der Waals surface area contributed by atoms with Crippen LogP contribution in [0.3, 0.4) is 0 Å². The monoisotopic (exact) mass is 192 g/mol. The lowest BCUT2D eigenvalue weighted by Gasteiger charge is -2.19. The van der Waals surface area contributed by atoms with Crippen LogP contribution in [0, 0.1) is 23.2 Å². The fourth-order valence-corrected chi connectivity index (χ4v) is 1.89. The molecule has 0 bridgehead atoms. The molecular formula is C10H12N2O2. The first-order chi connectivity index (χ1) is 6.65. The number of rotatable bonds is 2. The SMILES string of the molecule is CC1CC(=O)N(C(C#N)C2CC2)C1=O. The highest BCUT2D eigenvalue weighted by Gasteiger charge is 2.45. The summed E-state index contributed by atoms with van der Waals surface area (Å²) in [6.07, 6.45) is 2.19. The first-order valence-electron chi connectivity index (χ1n) is 4.90. The lowest BCUT2D eigenvalue weighted by molar-refractivity contribution is -0.141. The van der Waals surface area contributed by atoms with Gasteiger partial charge in [0.2, 0.25) is 11.8 Å². The molecule has 2 atom stereocenters. The van der Waals surface area contributed by atoms with Gasteiger partial charge in [-0.2, -0.15) is 5.26 Å². The van der Waals surface area contributed by atoms with Crippen molar-refractivity contribution in [3.63, 3.8) is 0 Å². The number of nitriles is 1. The van der Waals surface area contributed by atoms with E-state index in [2.05, 4.69) is 6.07 Å². The van der Waals surface area contributed by atoms with Crippen LogP contribution >= 0.6 is 0 Å². The largest absolute Gasteiger partial charge is 0.274 e. The lowest BCUT2D eigenvalue weighted by Crippen LogP contribution is -2.40. The second kappa shape index (κ2) is 3.09. The summed E-state index contributed by atoms with van der Waals surface area (Å²) in [5.74, 6) is -0.357. The molecule has 2 amide bonds. The molecule has 1 aliphatic carbocycles. The Kier molecular flexibility index (Phi) is 2.03. The van der Waals surface area contributed by atoms with E-state index in [0.29, 0.717) is 0 Å². The molecule has 2 aliphatic rings. The van der Waals surface area contributed by atoms with Crippen LogP contribution in [0.5, 0.6) is 0 Å². The van der Waals surface area contributed by atoms with E-state index in [1.54, 1.807) is 6.92 Å². The fourth-order valence-electron chi connectivity index (χ4n) is 1.89. The van der Waals surface area contributed by atoms with Crippen molar-refractivity contribution in [3.05, 3.63) is 0 Å². The number of likely N-dealkylation sites (tertiary alicyclic amines) is 1. The molecule has 0 aromatic rings. The predicted octanol–water partition coefficient (Wildman–Crippen LogP) is 0.684. The molecule has 0 radical (unpaired) electrons. The van der Waals surface area contributed by atoms with Crippen molar-refractivity contribution in [1.29, 1.82) is 5.26 Å². The Hall–Kier alpha value is -1.37. The third-order valence-corrected chi connectivity index (χ3v) is 2.89. The van der Waals surface area contributed by atoms with Gasteiger partial charge in [-0.15, -0.1) is 0 Å². The van der Waals surface area contributed by atoms with Crippen LogP contribution in [-0.2, 0) is 9.59 Å². The Morgan fingerprint density at radius 1 is 1.50 bits per heavy atom. The number of nitrogens with zero attached hydrogens (tertiary/aromatic N) is 2. The average Bonchev–Trinajstić information content (AvgIpc) is 2.91. The van der Waals surface area contributed by atoms with Crippen LogP contribution < -0.4 is 0 Å². The number of hydrogen-bond acceptors (Lipinski definition) is 3. The predicted molar refractivity (Wildman–Crippen MR) is 47.8 cm³/mol. The van der Waals surface area contributed by atoms with Gasteiger partial charge in [-0.25, -0.2) is 0 Å². The summed E-state index contributed by atoms with van der Waals surface area (Å²) in [6, 6.07) is 1.57. The molecule has 74 valence electrons. The molecule has 2 fully saturated rings. The molecule has 0 aromatic heterocycles. The number of imide groups is 1. The van der Waals surface area contributed by atoms with Gasteiger partial charge in [0.1, 0.15) is 6.04 Å². The third kappa shape index (κ3) is 1.29. The maximum Gasteiger partial charge on any atom is 0.233 e. The Bertz CT molecular complexity index is 328. The van der Waals surface area contributed by atoms with Gasteiger partial charge in [-0.05, 0) is 18.8 Å². The molecule has 14 heavy (non-hydrogen) atoms. The topological polar surface area (TPSA) is 61.2 Å². The number of carbonyl (C=O) groups excluding carboxylic acids is 2. The third-order valence-electron chi connectivity index (χ3n) is 2.89. The van der Waals surface area contributed by atoms with Crippen molar-refractivity contribution in [2.24, 2.45) is 11.8 Å². The minimum Gasteiger partial charge on any atom is -0.274 e. The molecule has 4 heteroatoms. The minimum absolute atomic E-state index is 0.173. The molecule has 4 nitrogen and oxygen atoms in total. The zero-order chi connectivity index (χ0) is 10.3. The number of carbonyl (C=O) groups is 2. The van der Waals surface area contributed by atoms with E-state index in [4.69, 9.17) is 5.26 Å². The Balaban J connectivity index is 2.20. The Labute approximate surface area is 82.5 Å². The summed E-state index contributed by atoms with van der Waals surface area (Å²) in [5.41, 5.74) is 0. The van der Waals surface area contributed by atoms with Crippen molar-refractivity contribution in [3.8, 4) is 6.07 Å². The van der Waals surface area contributed by atoms with Crippen molar-refractivity contribution in [2.75, 3.05) is 0 Å². The molecule has 1 aliphatic heterocycles. The minimum atomic E-state index is -0.500. The second-order valence-corrected chi connectivity index (χ2v) is 4.12. The van der Waals surface area contributed by atoms with E-state index in [1.807, 2.05) is 0 Å². The van der Waals surface area contributed by atoms with Gasteiger partial charge in [0.05, 0.1) is 6.07 Å². The van der Waals surface area contributed by atoms with Crippen LogP contribution in [0.15, 0.2) is 0 Å². The molecule has 0 aromatic carbocycles. The maximum atomic E-state index is 11.6. The highest BCUT2D eigenvalue weighted by atomic mass is 16.2. The van der Waals surface area contributed by atoms with Crippen LogP contribution in [0.1, 0.15) is 26.2 Å². The van der Waals surface area contributed by atoms with Gasteiger partial charge < -0.3 is 0 Å². The Morgan fingerprint density at radius 3 is 2.50 bits per heavy atom. The summed E-state index contributed by atoms with van der Waals surface area (Å²) in [4.78, 5) is 24.3. The summed E-state index contributed by atoms with van der Waals surface area (Å²) in [5, 5.41) is 8.92. The molecule has 0 spiro atoms. The first-order valence-corrected chi connectivity index (χ1v) is 4.90. The Morgan fingerprint density at radius 2 is 2.14 bits per heavy atom. The molecule has 1 heterocycles. The van der Waals surface area contributed by atoms with Gasteiger partial charge in [-0.1, -0.05) is 6.92 Å². The quantitative estimate of drug-likeness (QED) is 0.604. The number of amides is 2. The van der Waals surface area contributed by atoms with Gasteiger partial charge >= 0.3 is 0 Å². The highest BCUT2D eigenvalue weighted by Crippen LogP contribution is 2.37. The highest BCUT2D eigenvalue weighted by molar-refractivity contribution is 6.04. The summed E-state index contributed by atoms with van der Waals surface area (Å²) >= 11 is 0. The zero-order valence-electron chi connectivity index (χ0n) is 8.06. The molecule has 2 unspecified atom stereocenters. The molecule has 0 N–H and O–H groups in total. The first kappa shape index (κ1) is 9.20. The van der Waals surface area contributed by atoms with Gasteiger partial charge in [0, 0.05) is 12.3 Å². The second-order valence-electron chi connectivity index (χ2n) is 4.12. The van der Waals surface area contributed by atoms with E-state index in [0.717, 1.165) is 12.8 Å². The van der Waals surface area contributed by atoms with E-state index in [1.165, 1.54) is 4.90 Å². The normalized spacial score (nSPS) is 29.1. The summed E-state index contributed by atoms with van der Waals surface area (Å²) in [6.45, 7) is 1.74. The van der Waals surface area contributed by atoms with E-state index >= 15 is 0 Å². The van der Waals surface area contributed by atoms with Crippen molar-refractivity contribution >= 4 is 11.8 Å². The van der Waals surface area contributed by atoms with Gasteiger partial charge in [-0.3, -0.25) is 14.5 Å². The van der Waals surface area contributed by atoms with Crippen molar-refractivity contribution < 1.29 is 9.59 Å². The average molecular weight is 192 g/mol. The fraction of sp³-hybridized carbons (Fsp3) is 0.700. The van der Waals surface area contributed by atoms with E-state index < -0.39 is 6.04 Å². The van der Waals surface area contributed by atoms with Crippen LogP contribution in [-0.4, -0.2) is 22.8 Å². The lowest BCUT2D eigenvalue weighted by atomic mass is 10.1. The summed E-state index contributed by atoms with van der Waals surface area (Å²) in [7, 11) is 0. The molecule has 1 saturated heterocycles. The van der Waals surface area contributed by atoms with E-state index in [-0.39, 0.29) is 30.1 Å². The van der Waals surface area contributed by atoms with Crippen LogP contribution in [0.4, 0.5) is 0 Å². The smallest absolute Gasteiger partial charge is 0.233 e. The van der Waals surface area contributed by atoms with Crippen LogP contribution in [0.2, 0.25) is 0 Å². The van der Waals surface area contributed by atoms with Gasteiger partial charge in [0.25, 0.3) is 0 Å². The van der Waals surface area contributed by atoms with E-state index in [9.17, 15) is 9.59 Å². The molecule has 1 saturated carbocycles. The van der Waals surface area contributed by atoms with Crippen molar-refractivity contribution in [1.82, 2.24) is 4.90 Å². The standard InChI is InChI=1S/C10H12N2O2/c1-6-4-9(13)12(10(6)14)8(5-11)7-2-3-7/h6-8H,2-4H2,1H3. The van der Waals surface area contributed by atoms with Crippen LogP contribution in [0.25, 0.3) is 0 Å². The summed E-state index contributed by atoms with van der Waals surface area (Å²) < 4.78 is 0. The zero-order valence-corrected chi connectivity index (χ0v) is 8.06. The van der Waals surface area contributed by atoms with Crippen molar-refractivity contribution in [2.45, 2.75) is 32.2 Å². The maximum absolute atomic E-state index is 11.6. The molecule has 2 rings (SSSR count).